The third-order valence-corrected chi connectivity index (χ3v) is 4.32. The number of hydrogen-bond donors (Lipinski definition) is 2. The summed E-state index contributed by atoms with van der Waals surface area (Å²) in [5, 5.41) is 7.47. The lowest BCUT2D eigenvalue weighted by molar-refractivity contribution is 0.0873. The van der Waals surface area contributed by atoms with Gasteiger partial charge in [0.15, 0.2) is 0 Å². The van der Waals surface area contributed by atoms with Gasteiger partial charge in [-0.15, -0.1) is 0 Å². The first-order chi connectivity index (χ1) is 8.99. The van der Waals surface area contributed by atoms with E-state index in [9.17, 15) is 4.79 Å². The molecule has 106 valence electrons. The van der Waals surface area contributed by atoms with Gasteiger partial charge in [0, 0.05) is 19.3 Å². The molecule has 1 aliphatic rings. The minimum atomic E-state index is -0.218. The van der Waals surface area contributed by atoms with Crippen molar-refractivity contribution in [2.45, 2.75) is 51.5 Å². The Labute approximate surface area is 114 Å². The van der Waals surface area contributed by atoms with E-state index in [0.717, 1.165) is 37.1 Å². The fraction of sp³-hybridized carbons (Fsp3) is 0.714. The summed E-state index contributed by atoms with van der Waals surface area (Å²) in [6, 6.07) is 0. The van der Waals surface area contributed by atoms with Crippen LogP contribution in [-0.2, 0) is 7.05 Å². The SMILES string of the molecule is Cc1nn(C)c(C)c1C(=O)NC1(CN)CCCCC1. The predicted octanol–water partition coefficient (Wildman–Crippen LogP) is 1.43. The van der Waals surface area contributed by atoms with E-state index in [4.69, 9.17) is 5.73 Å². The summed E-state index contributed by atoms with van der Waals surface area (Å²) in [6.45, 7) is 4.31. The van der Waals surface area contributed by atoms with E-state index in [1.165, 1.54) is 6.42 Å². The summed E-state index contributed by atoms with van der Waals surface area (Å²) in [6.07, 6.45) is 5.48. The zero-order chi connectivity index (χ0) is 14.0. The number of nitrogens with one attached hydrogen (secondary N) is 1. The fourth-order valence-electron chi connectivity index (χ4n) is 3.01. The van der Waals surface area contributed by atoms with E-state index < -0.39 is 0 Å². The highest BCUT2D eigenvalue weighted by atomic mass is 16.1. The van der Waals surface area contributed by atoms with Crippen LogP contribution >= 0.6 is 0 Å². The molecule has 1 heterocycles. The van der Waals surface area contributed by atoms with Crippen LogP contribution in [0.2, 0.25) is 0 Å². The van der Waals surface area contributed by atoms with Gasteiger partial charge in [0.1, 0.15) is 0 Å². The lowest BCUT2D eigenvalue weighted by Crippen LogP contribution is -2.54. The second-order valence-electron chi connectivity index (χ2n) is 5.67. The number of aryl methyl sites for hydroxylation is 2. The molecular formula is C14H24N4O. The molecule has 1 aromatic rings. The van der Waals surface area contributed by atoms with Gasteiger partial charge in [0.05, 0.1) is 16.8 Å². The highest BCUT2D eigenvalue weighted by molar-refractivity contribution is 5.96. The van der Waals surface area contributed by atoms with Crippen molar-refractivity contribution in [3.8, 4) is 0 Å². The van der Waals surface area contributed by atoms with Crippen LogP contribution < -0.4 is 11.1 Å². The van der Waals surface area contributed by atoms with Crippen LogP contribution in [0.3, 0.4) is 0 Å². The molecule has 1 saturated carbocycles. The van der Waals surface area contributed by atoms with Crippen LogP contribution in [0.15, 0.2) is 0 Å². The van der Waals surface area contributed by atoms with E-state index in [1.807, 2.05) is 20.9 Å². The zero-order valence-electron chi connectivity index (χ0n) is 12.1. The lowest BCUT2D eigenvalue weighted by atomic mass is 9.81. The Kier molecular flexibility index (Phi) is 3.94. The van der Waals surface area contributed by atoms with Crippen LogP contribution in [0.4, 0.5) is 0 Å². The highest BCUT2D eigenvalue weighted by Crippen LogP contribution is 2.28. The lowest BCUT2D eigenvalue weighted by Gasteiger charge is -2.37. The molecule has 1 aromatic heterocycles. The molecule has 1 fully saturated rings. The van der Waals surface area contributed by atoms with Crippen molar-refractivity contribution in [1.29, 1.82) is 0 Å². The van der Waals surface area contributed by atoms with Gasteiger partial charge in [-0.25, -0.2) is 0 Å². The first kappa shape index (κ1) is 14.1. The Morgan fingerprint density at radius 1 is 1.37 bits per heavy atom. The molecule has 0 aliphatic heterocycles. The summed E-state index contributed by atoms with van der Waals surface area (Å²) >= 11 is 0. The number of carbonyl (C=O) groups excluding carboxylic acids is 1. The first-order valence-electron chi connectivity index (χ1n) is 7.02. The Hall–Kier alpha value is -1.36. The van der Waals surface area contributed by atoms with Gasteiger partial charge >= 0.3 is 0 Å². The minimum absolute atomic E-state index is 0.0320. The molecule has 0 aromatic carbocycles. The number of amides is 1. The minimum Gasteiger partial charge on any atom is -0.345 e. The average molecular weight is 264 g/mol. The van der Waals surface area contributed by atoms with Gasteiger partial charge < -0.3 is 11.1 Å². The van der Waals surface area contributed by atoms with Crippen LogP contribution in [0.1, 0.15) is 53.8 Å². The molecule has 0 unspecified atom stereocenters. The fourth-order valence-corrected chi connectivity index (χ4v) is 3.01. The normalized spacial score (nSPS) is 18.3. The third-order valence-electron chi connectivity index (χ3n) is 4.32. The summed E-state index contributed by atoms with van der Waals surface area (Å²) in [5.41, 5.74) is 8.07. The largest absolute Gasteiger partial charge is 0.345 e. The molecule has 5 heteroatoms. The van der Waals surface area contributed by atoms with Crippen molar-refractivity contribution < 1.29 is 4.79 Å². The maximum absolute atomic E-state index is 12.5. The Morgan fingerprint density at radius 3 is 2.47 bits per heavy atom. The molecule has 0 atom stereocenters. The van der Waals surface area contributed by atoms with Crippen LogP contribution in [0, 0.1) is 13.8 Å². The van der Waals surface area contributed by atoms with Crippen LogP contribution in [-0.4, -0.2) is 27.8 Å². The van der Waals surface area contributed by atoms with Gasteiger partial charge in [0.2, 0.25) is 0 Å². The van der Waals surface area contributed by atoms with E-state index in [1.54, 1.807) is 4.68 Å². The molecule has 19 heavy (non-hydrogen) atoms. The van der Waals surface area contributed by atoms with Crippen molar-refractivity contribution in [1.82, 2.24) is 15.1 Å². The Morgan fingerprint density at radius 2 is 2.00 bits per heavy atom. The summed E-state index contributed by atoms with van der Waals surface area (Å²) in [4.78, 5) is 12.5. The topological polar surface area (TPSA) is 72.9 Å². The number of carbonyl (C=O) groups is 1. The van der Waals surface area contributed by atoms with E-state index >= 15 is 0 Å². The highest BCUT2D eigenvalue weighted by Gasteiger charge is 2.33. The van der Waals surface area contributed by atoms with Gasteiger partial charge in [-0.05, 0) is 26.7 Å². The van der Waals surface area contributed by atoms with Crippen molar-refractivity contribution >= 4 is 5.91 Å². The zero-order valence-corrected chi connectivity index (χ0v) is 12.1. The van der Waals surface area contributed by atoms with Gasteiger partial charge in [-0.3, -0.25) is 9.48 Å². The van der Waals surface area contributed by atoms with E-state index in [0.29, 0.717) is 12.1 Å². The van der Waals surface area contributed by atoms with E-state index in [2.05, 4.69) is 10.4 Å². The third kappa shape index (κ3) is 2.66. The molecule has 1 amide bonds. The molecule has 2 rings (SSSR count). The van der Waals surface area contributed by atoms with Crippen molar-refractivity contribution in [3.63, 3.8) is 0 Å². The van der Waals surface area contributed by atoms with Crippen molar-refractivity contribution in [2.75, 3.05) is 6.54 Å². The molecule has 0 bridgehead atoms. The summed E-state index contributed by atoms with van der Waals surface area (Å²) in [5.74, 6) is -0.0320. The van der Waals surface area contributed by atoms with Crippen molar-refractivity contribution in [2.24, 2.45) is 12.8 Å². The standard InChI is InChI=1S/C14H24N4O/c1-10-12(11(2)18(3)17-10)13(19)16-14(9-15)7-5-4-6-8-14/h4-9,15H2,1-3H3,(H,16,19). The first-order valence-corrected chi connectivity index (χ1v) is 7.02. The second-order valence-corrected chi connectivity index (χ2v) is 5.67. The molecule has 0 saturated heterocycles. The summed E-state index contributed by atoms with van der Waals surface area (Å²) < 4.78 is 1.75. The van der Waals surface area contributed by atoms with E-state index in [-0.39, 0.29) is 11.4 Å². The number of rotatable bonds is 3. The van der Waals surface area contributed by atoms with Gasteiger partial charge in [-0.2, -0.15) is 5.10 Å². The maximum Gasteiger partial charge on any atom is 0.255 e. The van der Waals surface area contributed by atoms with Gasteiger partial charge in [-0.1, -0.05) is 19.3 Å². The molecule has 3 N–H and O–H groups in total. The van der Waals surface area contributed by atoms with Gasteiger partial charge in [0.25, 0.3) is 5.91 Å². The van der Waals surface area contributed by atoms with Crippen LogP contribution in [0.5, 0.6) is 0 Å². The molecule has 0 spiro atoms. The molecule has 0 radical (unpaired) electrons. The number of aromatic nitrogens is 2. The average Bonchev–Trinajstić information content (AvgIpc) is 2.64. The molecular weight excluding hydrogens is 240 g/mol. The monoisotopic (exact) mass is 264 g/mol. The predicted molar refractivity (Wildman–Crippen MR) is 75.0 cm³/mol. The Bertz CT molecular complexity index is 472. The number of nitrogens with zero attached hydrogens (tertiary/aromatic N) is 2. The number of hydrogen-bond acceptors (Lipinski definition) is 3. The Balaban J connectivity index is 2.20. The second kappa shape index (κ2) is 5.33. The quantitative estimate of drug-likeness (QED) is 0.867. The maximum atomic E-state index is 12.5. The summed E-state index contributed by atoms with van der Waals surface area (Å²) in [7, 11) is 1.86. The molecule has 5 nitrogen and oxygen atoms in total. The smallest absolute Gasteiger partial charge is 0.255 e. The number of nitrogens with two attached hydrogens (primary N) is 1. The molecule has 1 aliphatic carbocycles. The van der Waals surface area contributed by atoms with Crippen LogP contribution in [0.25, 0.3) is 0 Å². The van der Waals surface area contributed by atoms with Crippen molar-refractivity contribution in [3.05, 3.63) is 17.0 Å².